The van der Waals surface area contributed by atoms with Crippen LogP contribution in [-0.4, -0.2) is 27.7 Å². The summed E-state index contributed by atoms with van der Waals surface area (Å²) in [5, 5.41) is 7.71. The molecule has 1 atom stereocenters. The Labute approximate surface area is 160 Å². The Morgan fingerprint density at radius 2 is 1.71 bits per heavy atom. The smallest absolute Gasteiger partial charge is 0.360 e. The average Bonchev–Trinajstić information content (AvgIpc) is 3.53. The number of esters is 1. The Balaban J connectivity index is 1.70. The highest BCUT2D eigenvalue weighted by atomic mass is 16.5. The number of nitrogens with one attached hydrogen (secondary N) is 1. The molecule has 4 rings (SSSR count). The average molecular weight is 377 g/mol. The normalized spacial score (nSPS) is 14.5. The maximum absolute atomic E-state index is 12.9. The molecule has 142 valence electrons. The molecule has 1 aliphatic carbocycles. The fraction of sp³-hybridized carbons (Fsp3) is 0.238. The van der Waals surface area contributed by atoms with Gasteiger partial charge in [-0.1, -0.05) is 48.5 Å². The number of fused-ring (bicyclic) bond motifs is 1. The van der Waals surface area contributed by atoms with E-state index in [1.807, 2.05) is 6.07 Å². The summed E-state index contributed by atoms with van der Waals surface area (Å²) in [7, 11) is 1.47. The van der Waals surface area contributed by atoms with Crippen LogP contribution < -0.4 is 10.9 Å². The van der Waals surface area contributed by atoms with Crippen molar-refractivity contribution in [2.45, 2.75) is 25.0 Å². The topological polar surface area (TPSA) is 90.3 Å². The zero-order valence-electron chi connectivity index (χ0n) is 15.3. The minimum absolute atomic E-state index is 0.00199. The third-order valence-electron chi connectivity index (χ3n) is 4.64. The Kier molecular flexibility index (Phi) is 4.65. The molecule has 1 aromatic heterocycles. The van der Waals surface area contributed by atoms with Gasteiger partial charge in [-0.15, -0.1) is 0 Å². The van der Waals surface area contributed by atoms with Crippen LogP contribution in [-0.2, 0) is 16.6 Å². The largest absolute Gasteiger partial charge is 0.442 e. The lowest BCUT2D eigenvalue weighted by atomic mass is 10.1. The summed E-state index contributed by atoms with van der Waals surface area (Å²) in [5.74, 6) is -1.12. The number of amides is 1. The number of nitrogens with zero attached hydrogens (tertiary/aromatic N) is 2. The Morgan fingerprint density at radius 1 is 1.07 bits per heavy atom. The number of aryl methyl sites for hydroxylation is 1. The van der Waals surface area contributed by atoms with Gasteiger partial charge in [0.05, 0.1) is 5.39 Å². The number of aromatic nitrogens is 2. The fourth-order valence-electron chi connectivity index (χ4n) is 3.02. The molecule has 0 saturated heterocycles. The zero-order chi connectivity index (χ0) is 19.7. The van der Waals surface area contributed by atoms with Crippen LogP contribution >= 0.6 is 0 Å². The van der Waals surface area contributed by atoms with Gasteiger partial charge in [0.1, 0.15) is 0 Å². The predicted octanol–water partition coefficient (Wildman–Crippen LogP) is 2.11. The van der Waals surface area contributed by atoms with Gasteiger partial charge in [-0.3, -0.25) is 9.59 Å². The molecule has 3 aromatic rings. The lowest BCUT2D eigenvalue weighted by Crippen LogP contribution is -2.34. The second-order valence-electron chi connectivity index (χ2n) is 6.80. The second kappa shape index (κ2) is 7.26. The number of hydrogen-bond acceptors (Lipinski definition) is 5. The molecule has 1 amide bonds. The summed E-state index contributed by atoms with van der Waals surface area (Å²) in [6, 6.07) is 15.7. The van der Waals surface area contributed by atoms with Crippen molar-refractivity contribution in [3.63, 3.8) is 0 Å². The van der Waals surface area contributed by atoms with Crippen molar-refractivity contribution in [1.29, 1.82) is 0 Å². The summed E-state index contributed by atoms with van der Waals surface area (Å²) in [5.41, 5.74) is 0.263. The van der Waals surface area contributed by atoms with Crippen molar-refractivity contribution >= 4 is 22.6 Å². The molecule has 0 bridgehead atoms. The van der Waals surface area contributed by atoms with E-state index >= 15 is 0 Å². The van der Waals surface area contributed by atoms with Crippen molar-refractivity contribution in [2.24, 2.45) is 7.05 Å². The van der Waals surface area contributed by atoms with Gasteiger partial charge in [0.25, 0.3) is 11.5 Å². The molecule has 0 unspecified atom stereocenters. The van der Waals surface area contributed by atoms with E-state index in [1.165, 1.54) is 7.05 Å². The third-order valence-corrected chi connectivity index (χ3v) is 4.64. The molecule has 1 fully saturated rings. The lowest BCUT2D eigenvalue weighted by Gasteiger charge is -2.18. The van der Waals surface area contributed by atoms with Crippen molar-refractivity contribution in [2.75, 3.05) is 0 Å². The molecule has 1 heterocycles. The number of rotatable bonds is 5. The molecular formula is C21H19N3O4. The zero-order valence-corrected chi connectivity index (χ0v) is 15.3. The number of carbonyl (C=O) groups excluding carboxylic acids is 2. The van der Waals surface area contributed by atoms with Gasteiger partial charge in [0.2, 0.25) is 6.10 Å². The number of carbonyl (C=O) groups is 2. The molecular weight excluding hydrogens is 358 g/mol. The SMILES string of the molecule is Cn1nc(C(=O)O[C@@H](C(=O)NC2CC2)c2ccccc2)c2ccccc2c1=O. The van der Waals surface area contributed by atoms with Crippen molar-refractivity contribution < 1.29 is 14.3 Å². The molecule has 7 nitrogen and oxygen atoms in total. The summed E-state index contributed by atoms with van der Waals surface area (Å²) in [4.78, 5) is 37.9. The van der Waals surface area contributed by atoms with Crippen molar-refractivity contribution in [3.05, 3.63) is 76.2 Å². The number of hydrogen-bond donors (Lipinski definition) is 1. The van der Waals surface area contributed by atoms with Gasteiger partial charge in [-0.2, -0.15) is 5.10 Å². The Bertz CT molecular complexity index is 1100. The van der Waals surface area contributed by atoms with Gasteiger partial charge in [-0.05, 0) is 18.9 Å². The van der Waals surface area contributed by atoms with Crippen LogP contribution in [0.3, 0.4) is 0 Å². The predicted molar refractivity (Wildman–Crippen MR) is 103 cm³/mol. The van der Waals surface area contributed by atoms with Gasteiger partial charge >= 0.3 is 5.97 Å². The molecule has 0 radical (unpaired) electrons. The van der Waals surface area contributed by atoms with Crippen molar-refractivity contribution in [3.8, 4) is 0 Å². The third kappa shape index (κ3) is 3.51. The van der Waals surface area contributed by atoms with E-state index in [2.05, 4.69) is 10.4 Å². The first kappa shape index (κ1) is 17.9. The van der Waals surface area contributed by atoms with Crippen LogP contribution in [0.4, 0.5) is 0 Å². The van der Waals surface area contributed by atoms with E-state index in [-0.39, 0.29) is 23.2 Å². The van der Waals surface area contributed by atoms with E-state index in [4.69, 9.17) is 4.74 Å². The fourth-order valence-corrected chi connectivity index (χ4v) is 3.02. The van der Waals surface area contributed by atoms with Crippen LogP contribution in [0.5, 0.6) is 0 Å². The molecule has 0 aliphatic heterocycles. The highest BCUT2D eigenvalue weighted by Gasteiger charge is 2.32. The highest BCUT2D eigenvalue weighted by Crippen LogP contribution is 2.24. The van der Waals surface area contributed by atoms with Gasteiger partial charge < -0.3 is 10.1 Å². The lowest BCUT2D eigenvalue weighted by molar-refractivity contribution is -0.130. The Morgan fingerprint density at radius 3 is 2.39 bits per heavy atom. The first-order chi connectivity index (χ1) is 13.5. The van der Waals surface area contributed by atoms with Crippen LogP contribution in [0.1, 0.15) is 35.0 Å². The monoisotopic (exact) mass is 377 g/mol. The van der Waals surface area contributed by atoms with E-state index < -0.39 is 12.1 Å². The summed E-state index contributed by atoms with van der Waals surface area (Å²) in [6.07, 6.45) is 0.759. The minimum Gasteiger partial charge on any atom is -0.442 e. The van der Waals surface area contributed by atoms with E-state index in [0.29, 0.717) is 16.3 Å². The summed E-state index contributed by atoms with van der Waals surface area (Å²) in [6.45, 7) is 0. The van der Waals surface area contributed by atoms with Crippen LogP contribution in [0.2, 0.25) is 0 Å². The van der Waals surface area contributed by atoms with Gasteiger partial charge in [0.15, 0.2) is 5.69 Å². The van der Waals surface area contributed by atoms with Crippen LogP contribution in [0.15, 0.2) is 59.4 Å². The number of ether oxygens (including phenoxy) is 1. The molecule has 28 heavy (non-hydrogen) atoms. The molecule has 0 spiro atoms. The maximum Gasteiger partial charge on any atom is 0.360 e. The molecule has 2 aromatic carbocycles. The first-order valence-corrected chi connectivity index (χ1v) is 9.07. The van der Waals surface area contributed by atoms with Crippen LogP contribution in [0.25, 0.3) is 10.8 Å². The Hall–Kier alpha value is -3.48. The molecule has 7 heteroatoms. The second-order valence-corrected chi connectivity index (χ2v) is 6.80. The quantitative estimate of drug-likeness (QED) is 0.688. The minimum atomic E-state index is -1.09. The first-order valence-electron chi connectivity index (χ1n) is 9.07. The van der Waals surface area contributed by atoms with E-state index in [1.54, 1.807) is 48.5 Å². The summed E-state index contributed by atoms with van der Waals surface area (Å²) >= 11 is 0. The maximum atomic E-state index is 12.9. The standard InChI is InChI=1S/C21H19N3O4/c1-24-20(26)16-10-6-5-9-15(16)17(23-24)21(27)28-18(13-7-3-2-4-8-13)19(25)22-14-11-12-14/h2-10,14,18H,11-12H2,1H3,(H,22,25)/t18-/m1/s1. The number of benzene rings is 2. The molecule has 1 saturated carbocycles. The molecule has 1 N–H and O–H groups in total. The van der Waals surface area contributed by atoms with Crippen LogP contribution in [0, 0.1) is 0 Å². The molecule has 1 aliphatic rings. The van der Waals surface area contributed by atoms with Gasteiger partial charge in [-0.25, -0.2) is 9.48 Å². The highest BCUT2D eigenvalue weighted by molar-refractivity contribution is 6.03. The van der Waals surface area contributed by atoms with Crippen molar-refractivity contribution in [1.82, 2.24) is 15.1 Å². The van der Waals surface area contributed by atoms with E-state index in [9.17, 15) is 14.4 Å². The van der Waals surface area contributed by atoms with E-state index in [0.717, 1.165) is 17.5 Å². The van der Waals surface area contributed by atoms with Gasteiger partial charge in [0, 0.05) is 24.0 Å². The summed E-state index contributed by atoms with van der Waals surface area (Å²) < 4.78 is 6.69.